The van der Waals surface area contributed by atoms with Gasteiger partial charge in [-0.05, 0) is 25.5 Å². The average molecular weight is 267 g/mol. The minimum absolute atomic E-state index is 0.00128. The zero-order valence-corrected chi connectivity index (χ0v) is 11.6. The molecule has 0 fully saturated rings. The molecule has 2 aromatic rings. The molecule has 1 N–H and O–H groups in total. The second-order valence-corrected chi connectivity index (χ2v) is 5.36. The maximum Gasteiger partial charge on any atom is 0.268 e. The fourth-order valence-corrected chi connectivity index (χ4v) is 2.86. The molecule has 1 aliphatic rings. The first-order valence-corrected chi connectivity index (χ1v) is 6.78. The van der Waals surface area contributed by atoms with Crippen molar-refractivity contribution in [2.45, 2.75) is 25.5 Å². The van der Waals surface area contributed by atoms with Gasteiger partial charge in [0.15, 0.2) is 5.60 Å². The second kappa shape index (κ2) is 4.46. The number of para-hydroxylation sites is 1. The van der Waals surface area contributed by atoms with E-state index in [4.69, 9.17) is 0 Å². The van der Waals surface area contributed by atoms with Gasteiger partial charge in [0, 0.05) is 11.6 Å². The van der Waals surface area contributed by atoms with Gasteiger partial charge in [-0.3, -0.25) is 4.79 Å². The third-order valence-electron chi connectivity index (χ3n) is 3.79. The molecule has 1 unspecified atom stereocenters. The molecule has 1 atom stereocenters. The summed E-state index contributed by atoms with van der Waals surface area (Å²) in [6.45, 7) is 3.90. The fourth-order valence-electron chi connectivity index (χ4n) is 2.86. The summed E-state index contributed by atoms with van der Waals surface area (Å²) in [5.41, 5.74) is 0.478. The molecule has 3 rings (SSSR count). The molecular weight excluding hydrogens is 250 g/mol. The van der Waals surface area contributed by atoms with Crippen LogP contribution in [0, 0.1) is 0 Å². The molecule has 0 saturated heterocycles. The van der Waals surface area contributed by atoms with Crippen LogP contribution < -0.4 is 4.90 Å². The van der Waals surface area contributed by atoms with Crippen molar-refractivity contribution >= 4 is 11.6 Å². The van der Waals surface area contributed by atoms with Crippen LogP contribution >= 0.6 is 0 Å². The molecule has 1 amide bonds. The van der Waals surface area contributed by atoms with Gasteiger partial charge in [0.2, 0.25) is 0 Å². The van der Waals surface area contributed by atoms with Crippen molar-refractivity contribution in [3.05, 3.63) is 65.7 Å². The summed E-state index contributed by atoms with van der Waals surface area (Å²) >= 11 is 0. The molecule has 0 aliphatic carbocycles. The third-order valence-corrected chi connectivity index (χ3v) is 3.79. The SMILES string of the molecule is CC(C)N1C(=O)C(O)(c2ccccc2)c2ccccc21. The van der Waals surface area contributed by atoms with Crippen molar-refractivity contribution in [2.24, 2.45) is 0 Å². The molecule has 0 radical (unpaired) electrons. The van der Waals surface area contributed by atoms with Gasteiger partial charge < -0.3 is 10.0 Å². The summed E-state index contributed by atoms with van der Waals surface area (Å²) in [5, 5.41) is 11.1. The van der Waals surface area contributed by atoms with Gasteiger partial charge in [0.05, 0.1) is 5.69 Å². The van der Waals surface area contributed by atoms with Gasteiger partial charge in [-0.1, -0.05) is 48.5 Å². The number of rotatable bonds is 2. The Bertz CT molecular complexity index is 651. The standard InChI is InChI=1S/C17H17NO2/c1-12(2)18-15-11-7-6-10-14(15)17(20,16(18)19)13-8-4-3-5-9-13/h3-12,20H,1-2H3. The zero-order chi connectivity index (χ0) is 14.3. The van der Waals surface area contributed by atoms with E-state index in [1.807, 2.05) is 56.3 Å². The van der Waals surface area contributed by atoms with Crippen molar-refractivity contribution in [3.8, 4) is 0 Å². The molecule has 0 bridgehead atoms. The van der Waals surface area contributed by atoms with E-state index >= 15 is 0 Å². The number of nitrogens with zero attached hydrogens (tertiary/aromatic N) is 1. The van der Waals surface area contributed by atoms with Gasteiger partial charge in [0.1, 0.15) is 0 Å². The fraction of sp³-hybridized carbons (Fsp3) is 0.235. The smallest absolute Gasteiger partial charge is 0.268 e. The van der Waals surface area contributed by atoms with Crippen molar-refractivity contribution in [2.75, 3.05) is 4.90 Å². The Balaban J connectivity index is 2.25. The topological polar surface area (TPSA) is 40.5 Å². The number of amides is 1. The molecule has 0 saturated carbocycles. The van der Waals surface area contributed by atoms with E-state index in [1.54, 1.807) is 17.0 Å². The summed E-state index contributed by atoms with van der Waals surface area (Å²) in [5.74, 6) is -0.278. The van der Waals surface area contributed by atoms with Crippen LogP contribution in [0.2, 0.25) is 0 Å². The Morgan fingerprint density at radius 3 is 2.25 bits per heavy atom. The van der Waals surface area contributed by atoms with Crippen molar-refractivity contribution in [3.63, 3.8) is 0 Å². The number of hydrogen-bond donors (Lipinski definition) is 1. The van der Waals surface area contributed by atoms with E-state index in [9.17, 15) is 9.90 Å². The number of anilines is 1. The summed E-state index contributed by atoms with van der Waals surface area (Å²) in [6.07, 6.45) is 0. The molecule has 20 heavy (non-hydrogen) atoms. The number of benzene rings is 2. The normalized spacial score (nSPS) is 21.4. The monoisotopic (exact) mass is 267 g/mol. The Morgan fingerprint density at radius 1 is 1.00 bits per heavy atom. The second-order valence-electron chi connectivity index (χ2n) is 5.36. The summed E-state index contributed by atoms with van der Waals surface area (Å²) in [4.78, 5) is 14.5. The predicted molar refractivity (Wildman–Crippen MR) is 78.5 cm³/mol. The first kappa shape index (κ1) is 12.9. The lowest BCUT2D eigenvalue weighted by atomic mass is 9.87. The quantitative estimate of drug-likeness (QED) is 0.908. The van der Waals surface area contributed by atoms with Crippen LogP contribution in [0.4, 0.5) is 5.69 Å². The zero-order valence-electron chi connectivity index (χ0n) is 11.6. The van der Waals surface area contributed by atoms with E-state index in [1.165, 1.54) is 0 Å². The van der Waals surface area contributed by atoms with Crippen LogP contribution in [0.15, 0.2) is 54.6 Å². The van der Waals surface area contributed by atoms with E-state index in [2.05, 4.69) is 0 Å². The van der Waals surface area contributed by atoms with Crippen LogP contribution in [0.5, 0.6) is 0 Å². The number of hydrogen-bond acceptors (Lipinski definition) is 2. The minimum atomic E-state index is -1.58. The molecule has 1 heterocycles. The van der Waals surface area contributed by atoms with Crippen LogP contribution in [0.1, 0.15) is 25.0 Å². The largest absolute Gasteiger partial charge is 0.372 e. The summed E-state index contributed by atoms with van der Waals surface area (Å²) in [7, 11) is 0. The minimum Gasteiger partial charge on any atom is -0.372 e. The van der Waals surface area contributed by atoms with Crippen molar-refractivity contribution in [1.82, 2.24) is 0 Å². The van der Waals surface area contributed by atoms with E-state index < -0.39 is 5.60 Å². The molecule has 2 aromatic carbocycles. The highest BCUT2D eigenvalue weighted by atomic mass is 16.3. The Kier molecular flexibility index (Phi) is 2.87. The van der Waals surface area contributed by atoms with E-state index in [-0.39, 0.29) is 11.9 Å². The average Bonchev–Trinajstić information content (AvgIpc) is 2.70. The highest BCUT2D eigenvalue weighted by Crippen LogP contribution is 2.44. The van der Waals surface area contributed by atoms with Crippen LogP contribution in [0.3, 0.4) is 0 Å². The Hall–Kier alpha value is -2.13. The van der Waals surface area contributed by atoms with Gasteiger partial charge in [-0.2, -0.15) is 0 Å². The lowest BCUT2D eigenvalue weighted by Gasteiger charge is -2.25. The van der Waals surface area contributed by atoms with Gasteiger partial charge in [-0.15, -0.1) is 0 Å². The highest BCUT2D eigenvalue weighted by Gasteiger charge is 2.51. The van der Waals surface area contributed by atoms with E-state index in [0.717, 1.165) is 5.69 Å². The lowest BCUT2D eigenvalue weighted by molar-refractivity contribution is -0.132. The molecule has 3 nitrogen and oxygen atoms in total. The Labute approximate surface area is 118 Å². The molecular formula is C17H17NO2. The Morgan fingerprint density at radius 2 is 1.60 bits per heavy atom. The van der Waals surface area contributed by atoms with Gasteiger partial charge in [0.25, 0.3) is 5.91 Å². The van der Waals surface area contributed by atoms with Gasteiger partial charge in [-0.25, -0.2) is 0 Å². The van der Waals surface area contributed by atoms with E-state index in [0.29, 0.717) is 11.1 Å². The molecule has 1 aliphatic heterocycles. The van der Waals surface area contributed by atoms with Crippen LogP contribution in [0.25, 0.3) is 0 Å². The van der Waals surface area contributed by atoms with Crippen LogP contribution in [-0.2, 0) is 10.4 Å². The lowest BCUT2D eigenvalue weighted by Crippen LogP contribution is -2.44. The third kappa shape index (κ3) is 1.60. The van der Waals surface area contributed by atoms with Crippen LogP contribution in [-0.4, -0.2) is 17.1 Å². The molecule has 0 aromatic heterocycles. The number of fused-ring (bicyclic) bond motifs is 1. The van der Waals surface area contributed by atoms with Crippen molar-refractivity contribution in [1.29, 1.82) is 0 Å². The van der Waals surface area contributed by atoms with Crippen molar-refractivity contribution < 1.29 is 9.90 Å². The highest BCUT2D eigenvalue weighted by molar-refractivity contribution is 6.09. The molecule has 0 spiro atoms. The number of carbonyl (C=O) groups is 1. The first-order chi connectivity index (χ1) is 9.56. The predicted octanol–water partition coefficient (Wildman–Crippen LogP) is 2.68. The molecule has 102 valence electrons. The molecule has 3 heteroatoms. The maximum absolute atomic E-state index is 12.8. The summed E-state index contributed by atoms with van der Waals surface area (Å²) in [6, 6.07) is 16.6. The number of aliphatic hydroxyl groups is 1. The first-order valence-electron chi connectivity index (χ1n) is 6.78. The summed E-state index contributed by atoms with van der Waals surface area (Å²) < 4.78 is 0. The van der Waals surface area contributed by atoms with Gasteiger partial charge >= 0.3 is 0 Å². The maximum atomic E-state index is 12.8. The number of carbonyl (C=O) groups excluding carboxylic acids is 1.